The SMILES string of the molecule is CCc1cc2c(NCCCS(C)=O)nc(Cl)nc2s1. The molecule has 2 aromatic heterocycles. The molecule has 0 spiro atoms. The fourth-order valence-electron chi connectivity index (χ4n) is 1.74. The van der Waals surface area contributed by atoms with Crippen LogP contribution in [0.2, 0.25) is 5.28 Å². The van der Waals surface area contributed by atoms with E-state index in [0.29, 0.717) is 5.75 Å². The predicted octanol–water partition coefficient (Wildman–Crippen LogP) is 3.09. The Hall–Kier alpha value is -0.720. The first-order valence-corrected chi connectivity index (χ1v) is 9.02. The molecule has 4 nitrogen and oxygen atoms in total. The topological polar surface area (TPSA) is 54.9 Å². The van der Waals surface area contributed by atoms with Crippen molar-refractivity contribution in [2.45, 2.75) is 19.8 Å². The van der Waals surface area contributed by atoms with Crippen molar-refractivity contribution >= 4 is 49.8 Å². The number of halogens is 1. The molecule has 2 heterocycles. The molecule has 0 radical (unpaired) electrons. The van der Waals surface area contributed by atoms with Gasteiger partial charge in [-0.2, -0.15) is 0 Å². The number of hydrogen-bond donors (Lipinski definition) is 1. The van der Waals surface area contributed by atoms with E-state index in [1.807, 2.05) is 0 Å². The summed E-state index contributed by atoms with van der Waals surface area (Å²) in [7, 11) is -0.749. The number of thiophene rings is 1. The first-order valence-electron chi connectivity index (χ1n) is 6.10. The number of rotatable bonds is 6. The lowest BCUT2D eigenvalue weighted by Gasteiger charge is -2.06. The fraction of sp³-hybridized carbons (Fsp3) is 0.500. The molecule has 1 atom stereocenters. The second kappa shape index (κ2) is 6.63. The summed E-state index contributed by atoms with van der Waals surface area (Å²) in [6.07, 6.45) is 3.54. The maximum Gasteiger partial charge on any atom is 0.225 e. The second-order valence-corrected chi connectivity index (χ2v) is 7.19. The molecule has 0 saturated carbocycles. The Morgan fingerprint density at radius 1 is 1.47 bits per heavy atom. The summed E-state index contributed by atoms with van der Waals surface area (Å²) in [6, 6.07) is 2.11. The van der Waals surface area contributed by atoms with Crippen molar-refractivity contribution in [2.24, 2.45) is 0 Å². The number of aryl methyl sites for hydroxylation is 1. The van der Waals surface area contributed by atoms with Gasteiger partial charge in [-0.3, -0.25) is 4.21 Å². The highest BCUT2D eigenvalue weighted by Gasteiger charge is 2.10. The van der Waals surface area contributed by atoms with Crippen LogP contribution in [0.15, 0.2) is 6.07 Å². The summed E-state index contributed by atoms with van der Waals surface area (Å²) in [4.78, 5) is 10.7. The number of fused-ring (bicyclic) bond motifs is 1. The van der Waals surface area contributed by atoms with Crippen LogP contribution in [-0.4, -0.2) is 32.7 Å². The van der Waals surface area contributed by atoms with Gasteiger partial charge in [0.1, 0.15) is 10.6 Å². The van der Waals surface area contributed by atoms with E-state index in [4.69, 9.17) is 11.6 Å². The minimum absolute atomic E-state index is 0.263. The van der Waals surface area contributed by atoms with E-state index in [-0.39, 0.29) is 5.28 Å². The van der Waals surface area contributed by atoms with Crippen LogP contribution >= 0.6 is 22.9 Å². The van der Waals surface area contributed by atoms with E-state index in [0.717, 1.165) is 35.4 Å². The molecule has 0 bridgehead atoms. The fourth-order valence-corrected chi connectivity index (χ4v) is 3.47. The number of aromatic nitrogens is 2. The Labute approximate surface area is 124 Å². The van der Waals surface area contributed by atoms with E-state index in [2.05, 4.69) is 28.3 Å². The van der Waals surface area contributed by atoms with Crippen molar-refractivity contribution in [1.82, 2.24) is 9.97 Å². The van der Waals surface area contributed by atoms with Crippen molar-refractivity contribution in [3.05, 3.63) is 16.2 Å². The monoisotopic (exact) mass is 317 g/mol. The summed E-state index contributed by atoms with van der Waals surface area (Å²) in [5.41, 5.74) is 0. The first kappa shape index (κ1) is 14.7. The van der Waals surface area contributed by atoms with Gasteiger partial charge >= 0.3 is 0 Å². The Kier molecular flexibility index (Phi) is 5.13. The van der Waals surface area contributed by atoms with Gasteiger partial charge in [0, 0.05) is 34.2 Å². The Bertz CT molecular complexity index is 600. The normalized spacial score (nSPS) is 12.8. The summed E-state index contributed by atoms with van der Waals surface area (Å²) in [5, 5.41) is 4.54. The maximum atomic E-state index is 11.0. The van der Waals surface area contributed by atoms with E-state index in [1.54, 1.807) is 17.6 Å². The van der Waals surface area contributed by atoms with Crippen molar-refractivity contribution < 1.29 is 4.21 Å². The van der Waals surface area contributed by atoms with Crippen molar-refractivity contribution in [1.29, 1.82) is 0 Å². The first-order chi connectivity index (χ1) is 9.10. The van der Waals surface area contributed by atoms with Gasteiger partial charge in [0.15, 0.2) is 0 Å². The van der Waals surface area contributed by atoms with E-state index in [1.165, 1.54) is 4.88 Å². The van der Waals surface area contributed by atoms with Crippen molar-refractivity contribution in [2.75, 3.05) is 23.9 Å². The quantitative estimate of drug-likeness (QED) is 0.657. The molecule has 0 saturated heterocycles. The zero-order valence-electron chi connectivity index (χ0n) is 10.9. The minimum Gasteiger partial charge on any atom is -0.369 e. The van der Waals surface area contributed by atoms with Crippen molar-refractivity contribution in [3.8, 4) is 0 Å². The molecule has 0 aliphatic heterocycles. The molecule has 7 heteroatoms. The average molecular weight is 318 g/mol. The third-order valence-corrected chi connectivity index (χ3v) is 4.87. The zero-order chi connectivity index (χ0) is 13.8. The lowest BCUT2D eigenvalue weighted by atomic mass is 10.3. The Balaban J connectivity index is 2.16. The Morgan fingerprint density at radius 2 is 2.26 bits per heavy atom. The molecule has 0 fully saturated rings. The average Bonchev–Trinajstić information content (AvgIpc) is 2.77. The highest BCUT2D eigenvalue weighted by atomic mass is 35.5. The van der Waals surface area contributed by atoms with Gasteiger partial charge in [-0.15, -0.1) is 11.3 Å². The summed E-state index contributed by atoms with van der Waals surface area (Å²) < 4.78 is 11.0. The molecule has 19 heavy (non-hydrogen) atoms. The summed E-state index contributed by atoms with van der Waals surface area (Å²) in [6.45, 7) is 2.85. The smallest absolute Gasteiger partial charge is 0.225 e. The van der Waals surface area contributed by atoms with Gasteiger partial charge in [0.05, 0.1) is 5.39 Å². The molecular weight excluding hydrogens is 302 g/mol. The third-order valence-electron chi connectivity index (χ3n) is 2.67. The number of nitrogens with one attached hydrogen (secondary N) is 1. The van der Waals surface area contributed by atoms with Gasteiger partial charge in [0.25, 0.3) is 0 Å². The number of anilines is 1. The molecule has 1 N–H and O–H groups in total. The van der Waals surface area contributed by atoms with Gasteiger partial charge in [0.2, 0.25) is 5.28 Å². The molecular formula is C12H16ClN3OS2. The molecule has 2 aromatic rings. The Morgan fingerprint density at radius 3 is 2.95 bits per heavy atom. The lowest BCUT2D eigenvalue weighted by molar-refractivity contribution is 0.685. The van der Waals surface area contributed by atoms with Crippen LogP contribution in [0.1, 0.15) is 18.2 Å². The molecule has 0 aliphatic rings. The molecule has 2 rings (SSSR count). The number of hydrogen-bond acceptors (Lipinski definition) is 5. The molecule has 1 unspecified atom stereocenters. The van der Waals surface area contributed by atoms with Crippen LogP contribution < -0.4 is 5.32 Å². The standard InChI is InChI=1S/C12H16ClN3OS2/c1-3-8-7-9-10(14-5-4-6-19(2)17)15-12(13)16-11(9)18-8/h7H,3-6H2,1-2H3,(H,14,15,16). The van der Waals surface area contributed by atoms with Gasteiger partial charge in [-0.1, -0.05) is 6.92 Å². The van der Waals surface area contributed by atoms with Crippen LogP contribution in [0.5, 0.6) is 0 Å². The summed E-state index contributed by atoms with van der Waals surface area (Å²) >= 11 is 7.58. The van der Waals surface area contributed by atoms with Gasteiger partial charge in [-0.25, -0.2) is 9.97 Å². The van der Waals surface area contributed by atoms with Gasteiger partial charge in [-0.05, 0) is 30.5 Å². The van der Waals surface area contributed by atoms with Crippen LogP contribution in [0.25, 0.3) is 10.2 Å². The second-order valence-electron chi connectivity index (χ2n) is 4.18. The summed E-state index contributed by atoms with van der Waals surface area (Å²) in [5.74, 6) is 1.46. The highest BCUT2D eigenvalue weighted by molar-refractivity contribution is 7.84. The largest absolute Gasteiger partial charge is 0.369 e. The van der Waals surface area contributed by atoms with Gasteiger partial charge < -0.3 is 5.32 Å². The molecule has 0 amide bonds. The lowest BCUT2D eigenvalue weighted by Crippen LogP contribution is -2.07. The van der Waals surface area contributed by atoms with Crippen LogP contribution in [0.3, 0.4) is 0 Å². The van der Waals surface area contributed by atoms with E-state index in [9.17, 15) is 4.21 Å². The predicted molar refractivity (Wildman–Crippen MR) is 83.8 cm³/mol. The number of nitrogens with zero attached hydrogens (tertiary/aromatic N) is 2. The van der Waals surface area contributed by atoms with Crippen LogP contribution in [0, 0.1) is 0 Å². The van der Waals surface area contributed by atoms with Crippen LogP contribution in [0.4, 0.5) is 5.82 Å². The van der Waals surface area contributed by atoms with Crippen molar-refractivity contribution in [3.63, 3.8) is 0 Å². The minimum atomic E-state index is -0.749. The van der Waals surface area contributed by atoms with E-state index < -0.39 is 10.8 Å². The maximum absolute atomic E-state index is 11.0. The third kappa shape index (κ3) is 3.87. The van der Waals surface area contributed by atoms with Crippen LogP contribution in [-0.2, 0) is 17.2 Å². The molecule has 0 aromatic carbocycles. The molecule has 0 aliphatic carbocycles. The van der Waals surface area contributed by atoms with E-state index >= 15 is 0 Å². The highest BCUT2D eigenvalue weighted by Crippen LogP contribution is 2.30. The molecule has 104 valence electrons. The zero-order valence-corrected chi connectivity index (χ0v) is 13.3.